The van der Waals surface area contributed by atoms with Crippen molar-refractivity contribution in [3.05, 3.63) is 76.5 Å². The van der Waals surface area contributed by atoms with Crippen LogP contribution in [0.3, 0.4) is 0 Å². The molecule has 0 radical (unpaired) electrons. The largest absolute Gasteiger partial charge is 0.459 e. The van der Waals surface area contributed by atoms with Gasteiger partial charge in [0.05, 0.1) is 16.8 Å². The van der Waals surface area contributed by atoms with Crippen LogP contribution in [0.4, 0.5) is 5.69 Å². The number of benzene rings is 2. The Hall–Kier alpha value is -3.09. The summed E-state index contributed by atoms with van der Waals surface area (Å²) in [5, 5.41) is 11.5. The van der Waals surface area contributed by atoms with E-state index in [1.807, 2.05) is 0 Å². The Labute approximate surface area is 163 Å². The number of rotatable bonds is 4. The first-order valence-electron chi connectivity index (χ1n) is 7.84. The highest BCUT2D eigenvalue weighted by atomic mass is 35.5. The quantitative estimate of drug-likeness (QED) is 0.485. The van der Waals surface area contributed by atoms with E-state index in [1.165, 1.54) is 12.3 Å². The molecule has 0 bridgehead atoms. The number of furan rings is 1. The molecule has 0 fully saturated rings. The molecule has 0 atom stereocenters. The highest BCUT2D eigenvalue weighted by Gasteiger charge is 2.14. The highest BCUT2D eigenvalue weighted by molar-refractivity contribution is 6.37. The second-order valence-electron chi connectivity index (χ2n) is 5.55. The molecule has 0 aliphatic carbocycles. The standard InChI is InChI=1S/C19H11Cl2N3O3/c20-12-6-7-14(15(21)10-12)17(25)22-13-4-1-3-11(9-13)18-23-24-19(27-18)16-5-2-8-26-16/h1-10H,(H,22,25). The molecule has 0 unspecified atom stereocenters. The molecule has 1 amide bonds. The first-order valence-corrected chi connectivity index (χ1v) is 8.60. The maximum absolute atomic E-state index is 12.5. The van der Waals surface area contributed by atoms with Crippen molar-refractivity contribution < 1.29 is 13.6 Å². The summed E-state index contributed by atoms with van der Waals surface area (Å²) in [6, 6.07) is 15.2. The van der Waals surface area contributed by atoms with Crippen LogP contribution in [0.1, 0.15) is 10.4 Å². The van der Waals surface area contributed by atoms with Gasteiger partial charge in [-0.05, 0) is 48.5 Å². The van der Waals surface area contributed by atoms with E-state index in [2.05, 4.69) is 15.5 Å². The van der Waals surface area contributed by atoms with Crippen molar-refractivity contribution in [2.45, 2.75) is 0 Å². The molecule has 0 aliphatic heterocycles. The van der Waals surface area contributed by atoms with Crippen molar-refractivity contribution in [3.63, 3.8) is 0 Å². The van der Waals surface area contributed by atoms with Gasteiger partial charge in [-0.2, -0.15) is 0 Å². The summed E-state index contributed by atoms with van der Waals surface area (Å²) in [5.41, 5.74) is 1.53. The maximum Gasteiger partial charge on any atom is 0.283 e. The van der Waals surface area contributed by atoms with E-state index < -0.39 is 0 Å². The molecule has 8 heteroatoms. The van der Waals surface area contributed by atoms with Gasteiger partial charge in [-0.1, -0.05) is 29.3 Å². The Bertz CT molecular complexity index is 1110. The van der Waals surface area contributed by atoms with Crippen molar-refractivity contribution in [3.8, 4) is 23.1 Å². The molecule has 6 nitrogen and oxygen atoms in total. The number of halogens is 2. The van der Waals surface area contributed by atoms with Gasteiger partial charge < -0.3 is 14.2 Å². The van der Waals surface area contributed by atoms with E-state index in [0.717, 1.165) is 0 Å². The van der Waals surface area contributed by atoms with Gasteiger partial charge in [0.25, 0.3) is 11.8 Å². The second-order valence-corrected chi connectivity index (χ2v) is 6.39. The van der Waals surface area contributed by atoms with E-state index in [0.29, 0.717) is 33.5 Å². The van der Waals surface area contributed by atoms with E-state index >= 15 is 0 Å². The van der Waals surface area contributed by atoms with Gasteiger partial charge in [0.2, 0.25) is 5.89 Å². The number of anilines is 1. The fourth-order valence-corrected chi connectivity index (χ4v) is 2.94. The summed E-state index contributed by atoms with van der Waals surface area (Å²) in [6.07, 6.45) is 1.53. The summed E-state index contributed by atoms with van der Waals surface area (Å²) in [7, 11) is 0. The fraction of sp³-hybridized carbons (Fsp3) is 0. The van der Waals surface area contributed by atoms with Crippen molar-refractivity contribution in [2.75, 3.05) is 5.32 Å². The fourth-order valence-electron chi connectivity index (χ4n) is 2.44. The number of aromatic nitrogens is 2. The number of nitrogens with zero attached hydrogens (tertiary/aromatic N) is 2. The molecule has 1 N–H and O–H groups in total. The van der Waals surface area contributed by atoms with Crippen molar-refractivity contribution in [2.24, 2.45) is 0 Å². The minimum atomic E-state index is -0.351. The molecule has 0 aliphatic rings. The van der Waals surface area contributed by atoms with E-state index in [9.17, 15) is 4.79 Å². The average Bonchev–Trinajstić information content (AvgIpc) is 3.33. The number of nitrogens with one attached hydrogen (secondary N) is 1. The molecular formula is C19H11Cl2N3O3. The predicted octanol–water partition coefficient (Wildman–Crippen LogP) is 5.56. The van der Waals surface area contributed by atoms with Crippen LogP contribution < -0.4 is 5.32 Å². The number of amides is 1. The topological polar surface area (TPSA) is 81.2 Å². The molecule has 0 spiro atoms. The Morgan fingerprint density at radius 1 is 0.963 bits per heavy atom. The van der Waals surface area contributed by atoms with Gasteiger partial charge in [0.15, 0.2) is 5.76 Å². The Morgan fingerprint density at radius 2 is 1.81 bits per heavy atom. The summed E-state index contributed by atoms with van der Waals surface area (Å²) >= 11 is 11.9. The van der Waals surface area contributed by atoms with Crippen LogP contribution in [-0.2, 0) is 0 Å². The van der Waals surface area contributed by atoms with Crippen LogP contribution in [0.15, 0.2) is 69.7 Å². The van der Waals surface area contributed by atoms with Crippen LogP contribution in [0.2, 0.25) is 10.0 Å². The van der Waals surface area contributed by atoms with Crippen molar-refractivity contribution in [1.82, 2.24) is 10.2 Å². The van der Waals surface area contributed by atoms with Gasteiger partial charge in [-0.25, -0.2) is 0 Å². The normalized spacial score (nSPS) is 10.7. The monoisotopic (exact) mass is 399 g/mol. The summed E-state index contributed by atoms with van der Waals surface area (Å²) in [5.74, 6) is 0.714. The number of hydrogen-bond acceptors (Lipinski definition) is 5. The van der Waals surface area contributed by atoms with Crippen LogP contribution in [0, 0.1) is 0 Å². The van der Waals surface area contributed by atoms with E-state index in [1.54, 1.807) is 48.5 Å². The lowest BCUT2D eigenvalue weighted by molar-refractivity contribution is 0.102. The third kappa shape index (κ3) is 3.72. The van der Waals surface area contributed by atoms with Crippen LogP contribution in [0.5, 0.6) is 0 Å². The zero-order chi connectivity index (χ0) is 18.8. The number of hydrogen-bond donors (Lipinski definition) is 1. The van der Waals surface area contributed by atoms with Crippen molar-refractivity contribution >= 4 is 34.8 Å². The molecule has 2 heterocycles. The first kappa shape index (κ1) is 17.3. The molecule has 4 rings (SSSR count). The van der Waals surface area contributed by atoms with Gasteiger partial charge in [-0.3, -0.25) is 4.79 Å². The van der Waals surface area contributed by atoms with Crippen LogP contribution in [-0.4, -0.2) is 16.1 Å². The van der Waals surface area contributed by atoms with E-state index in [4.69, 9.17) is 32.0 Å². The average molecular weight is 400 g/mol. The lowest BCUT2D eigenvalue weighted by Crippen LogP contribution is -2.12. The molecule has 4 aromatic rings. The lowest BCUT2D eigenvalue weighted by atomic mass is 10.1. The summed E-state index contributed by atoms with van der Waals surface area (Å²) in [4.78, 5) is 12.5. The molecule has 134 valence electrons. The van der Waals surface area contributed by atoms with Crippen LogP contribution in [0.25, 0.3) is 23.1 Å². The van der Waals surface area contributed by atoms with Gasteiger partial charge in [0.1, 0.15) is 0 Å². The minimum absolute atomic E-state index is 0.274. The summed E-state index contributed by atoms with van der Waals surface area (Å²) < 4.78 is 10.9. The van der Waals surface area contributed by atoms with Crippen molar-refractivity contribution in [1.29, 1.82) is 0 Å². The minimum Gasteiger partial charge on any atom is -0.459 e. The molecule has 2 aromatic carbocycles. The molecule has 2 aromatic heterocycles. The Kier molecular flexibility index (Phi) is 4.66. The third-order valence-corrected chi connectivity index (χ3v) is 4.25. The Balaban J connectivity index is 1.57. The molecule has 0 saturated carbocycles. The SMILES string of the molecule is O=C(Nc1cccc(-c2nnc(-c3ccco3)o2)c1)c1ccc(Cl)cc1Cl. The molecular weight excluding hydrogens is 389 g/mol. The predicted molar refractivity (Wildman–Crippen MR) is 102 cm³/mol. The third-order valence-electron chi connectivity index (χ3n) is 3.70. The lowest BCUT2D eigenvalue weighted by Gasteiger charge is -2.08. The molecule has 0 saturated heterocycles. The zero-order valence-electron chi connectivity index (χ0n) is 13.6. The highest BCUT2D eigenvalue weighted by Crippen LogP contribution is 2.27. The number of carbonyl (C=O) groups is 1. The van der Waals surface area contributed by atoms with Crippen LogP contribution >= 0.6 is 23.2 Å². The maximum atomic E-state index is 12.5. The zero-order valence-corrected chi connectivity index (χ0v) is 15.2. The van der Waals surface area contributed by atoms with Gasteiger partial charge in [-0.15, -0.1) is 10.2 Å². The molecule has 27 heavy (non-hydrogen) atoms. The van der Waals surface area contributed by atoms with E-state index in [-0.39, 0.29) is 16.8 Å². The second kappa shape index (κ2) is 7.26. The number of carbonyl (C=O) groups excluding carboxylic acids is 1. The van der Waals surface area contributed by atoms with Gasteiger partial charge >= 0.3 is 0 Å². The smallest absolute Gasteiger partial charge is 0.283 e. The summed E-state index contributed by atoms with van der Waals surface area (Å²) in [6.45, 7) is 0. The Morgan fingerprint density at radius 3 is 2.59 bits per heavy atom. The first-order chi connectivity index (χ1) is 13.1. The van der Waals surface area contributed by atoms with Gasteiger partial charge in [0, 0.05) is 16.3 Å².